The number of hydrogen-bond donors (Lipinski definition) is 0. The maximum atomic E-state index is 6.85. The lowest BCUT2D eigenvalue weighted by Gasteiger charge is -2.26. The Kier molecular flexibility index (Phi) is 6.55. The van der Waals surface area contributed by atoms with Crippen molar-refractivity contribution in [3.8, 4) is 16.8 Å². The molecule has 0 aliphatic rings. The van der Waals surface area contributed by atoms with E-state index in [0.29, 0.717) is 0 Å². The molecule has 0 spiro atoms. The normalized spacial score (nSPS) is 11.8. The highest BCUT2D eigenvalue weighted by atomic mass is 16.3. The van der Waals surface area contributed by atoms with Gasteiger partial charge in [0.25, 0.3) is 0 Å². The van der Waals surface area contributed by atoms with E-state index in [1.807, 2.05) is 0 Å². The monoisotopic (exact) mass is 676 g/mol. The van der Waals surface area contributed by atoms with Crippen LogP contribution in [0.2, 0.25) is 0 Å². The lowest BCUT2D eigenvalue weighted by molar-refractivity contribution is 0.669. The Morgan fingerprint density at radius 1 is 0.377 bits per heavy atom. The second-order valence-corrected chi connectivity index (χ2v) is 13.8. The van der Waals surface area contributed by atoms with Gasteiger partial charge < -0.3 is 13.9 Å². The molecule has 9 aromatic carbocycles. The van der Waals surface area contributed by atoms with Crippen LogP contribution in [0, 0.1) is 0 Å². The van der Waals surface area contributed by atoms with Gasteiger partial charge in [-0.15, -0.1) is 0 Å². The largest absolute Gasteiger partial charge is 0.456 e. The van der Waals surface area contributed by atoms with Gasteiger partial charge in [0.2, 0.25) is 0 Å². The number of rotatable bonds is 5. The molecule has 0 N–H and O–H groups in total. The molecule has 2 heterocycles. The van der Waals surface area contributed by atoms with Crippen LogP contribution in [0.3, 0.4) is 0 Å². The fraction of sp³-hybridized carbons (Fsp3) is 0. The van der Waals surface area contributed by atoms with Gasteiger partial charge in [0.1, 0.15) is 11.2 Å². The van der Waals surface area contributed by atoms with Gasteiger partial charge in [0.05, 0.1) is 16.7 Å². The summed E-state index contributed by atoms with van der Waals surface area (Å²) in [7, 11) is 0. The van der Waals surface area contributed by atoms with Gasteiger partial charge in [-0.2, -0.15) is 0 Å². The van der Waals surface area contributed by atoms with Crippen molar-refractivity contribution in [2.45, 2.75) is 0 Å². The van der Waals surface area contributed by atoms with Crippen LogP contribution in [0.5, 0.6) is 0 Å². The van der Waals surface area contributed by atoms with E-state index in [0.717, 1.165) is 55.8 Å². The van der Waals surface area contributed by atoms with Crippen molar-refractivity contribution < 1.29 is 4.42 Å². The number of hydrogen-bond acceptors (Lipinski definition) is 2. The molecule has 0 aliphatic heterocycles. The first-order chi connectivity index (χ1) is 26.3. The average Bonchev–Trinajstić information content (AvgIpc) is 3.77. The third-order valence-corrected chi connectivity index (χ3v) is 10.7. The maximum Gasteiger partial charge on any atom is 0.138 e. The third kappa shape index (κ3) is 4.68. The Bertz CT molecular complexity index is 3170. The average molecular weight is 677 g/mol. The van der Waals surface area contributed by atoms with Crippen LogP contribution in [-0.2, 0) is 0 Å². The molecule has 11 aromatic rings. The van der Waals surface area contributed by atoms with E-state index in [2.05, 4.69) is 204 Å². The molecular weight excluding hydrogens is 645 g/mol. The summed E-state index contributed by atoms with van der Waals surface area (Å²) in [4.78, 5) is 2.35. The van der Waals surface area contributed by atoms with Crippen LogP contribution in [0.15, 0.2) is 199 Å². The second kappa shape index (κ2) is 11.7. The SMILES string of the molecule is c1ccc(N(c2ccc3ccccc3c2)c2cc(-c3ccc4c5ccccc5n(-c5ccccc5)c4c3)c3c(c2)oc2ccc4ccccc4c23)cc1. The van der Waals surface area contributed by atoms with E-state index in [4.69, 9.17) is 4.42 Å². The van der Waals surface area contributed by atoms with Crippen molar-refractivity contribution in [2.24, 2.45) is 0 Å². The van der Waals surface area contributed by atoms with Crippen molar-refractivity contribution in [2.75, 3.05) is 4.90 Å². The maximum absolute atomic E-state index is 6.85. The predicted octanol–water partition coefficient (Wildman–Crippen LogP) is 14.1. The molecule has 3 heteroatoms. The van der Waals surface area contributed by atoms with Crippen LogP contribution in [0.1, 0.15) is 0 Å². The summed E-state index contributed by atoms with van der Waals surface area (Å²) in [5, 5.41) is 9.52. The fourth-order valence-corrected chi connectivity index (χ4v) is 8.34. The predicted molar refractivity (Wildman–Crippen MR) is 223 cm³/mol. The molecule has 0 radical (unpaired) electrons. The topological polar surface area (TPSA) is 21.3 Å². The molecule has 11 rings (SSSR count). The Labute approximate surface area is 306 Å². The number of para-hydroxylation sites is 3. The lowest BCUT2D eigenvalue weighted by Crippen LogP contribution is -2.10. The molecule has 0 bridgehead atoms. The van der Waals surface area contributed by atoms with E-state index >= 15 is 0 Å². The highest BCUT2D eigenvalue weighted by Crippen LogP contribution is 2.46. The highest BCUT2D eigenvalue weighted by molar-refractivity contribution is 6.24. The number of fused-ring (bicyclic) bond motifs is 9. The van der Waals surface area contributed by atoms with Crippen molar-refractivity contribution in [3.05, 3.63) is 194 Å². The first-order valence-electron chi connectivity index (χ1n) is 18.1. The zero-order valence-corrected chi connectivity index (χ0v) is 28.8. The van der Waals surface area contributed by atoms with Gasteiger partial charge in [-0.3, -0.25) is 0 Å². The minimum Gasteiger partial charge on any atom is -0.456 e. The summed E-state index contributed by atoms with van der Waals surface area (Å²) in [6.45, 7) is 0. The number of anilines is 3. The van der Waals surface area contributed by atoms with E-state index in [1.54, 1.807) is 0 Å². The van der Waals surface area contributed by atoms with Crippen molar-refractivity contribution in [3.63, 3.8) is 0 Å². The Morgan fingerprint density at radius 3 is 1.91 bits per heavy atom. The van der Waals surface area contributed by atoms with Crippen LogP contribution >= 0.6 is 0 Å². The molecule has 0 unspecified atom stereocenters. The van der Waals surface area contributed by atoms with E-state index < -0.39 is 0 Å². The van der Waals surface area contributed by atoms with Crippen molar-refractivity contribution in [1.29, 1.82) is 0 Å². The molecule has 0 fully saturated rings. The quantitative estimate of drug-likeness (QED) is 0.181. The van der Waals surface area contributed by atoms with Gasteiger partial charge in [-0.1, -0.05) is 127 Å². The van der Waals surface area contributed by atoms with Crippen LogP contribution in [-0.4, -0.2) is 4.57 Å². The number of furan rings is 1. The summed E-state index contributed by atoms with van der Waals surface area (Å²) in [5.74, 6) is 0. The second-order valence-electron chi connectivity index (χ2n) is 13.8. The summed E-state index contributed by atoms with van der Waals surface area (Å²) in [6.07, 6.45) is 0. The molecular formula is C50H32N2O. The smallest absolute Gasteiger partial charge is 0.138 e. The number of benzene rings is 9. The van der Waals surface area contributed by atoms with E-state index in [-0.39, 0.29) is 0 Å². The van der Waals surface area contributed by atoms with E-state index in [1.165, 1.54) is 43.4 Å². The Hall–Kier alpha value is -7.10. The standard InChI is InChI=1S/C50H32N2O/c1-3-16-37(17-4-1)51(39-26-23-33-13-7-8-15-35(33)29-39)40-31-44(50-48(32-40)53-47-28-25-34-14-9-10-20-41(34)49(47)50)36-24-27-43-42-21-11-12-22-45(42)52(46(43)30-36)38-18-5-2-6-19-38/h1-32H. The molecule has 0 saturated heterocycles. The molecule has 3 nitrogen and oxygen atoms in total. The Morgan fingerprint density at radius 2 is 1.06 bits per heavy atom. The van der Waals surface area contributed by atoms with Crippen molar-refractivity contribution >= 4 is 82.4 Å². The van der Waals surface area contributed by atoms with Gasteiger partial charge >= 0.3 is 0 Å². The van der Waals surface area contributed by atoms with Gasteiger partial charge in [0, 0.05) is 44.7 Å². The van der Waals surface area contributed by atoms with Gasteiger partial charge in [0.15, 0.2) is 0 Å². The molecule has 0 amide bonds. The third-order valence-electron chi connectivity index (χ3n) is 10.7. The lowest BCUT2D eigenvalue weighted by atomic mass is 9.95. The summed E-state index contributed by atoms with van der Waals surface area (Å²) in [5.41, 5.74) is 10.7. The van der Waals surface area contributed by atoms with E-state index in [9.17, 15) is 0 Å². The highest BCUT2D eigenvalue weighted by Gasteiger charge is 2.22. The summed E-state index contributed by atoms with van der Waals surface area (Å²) >= 11 is 0. The minimum absolute atomic E-state index is 0.856. The number of nitrogens with zero attached hydrogens (tertiary/aromatic N) is 2. The van der Waals surface area contributed by atoms with Gasteiger partial charge in [-0.25, -0.2) is 0 Å². The van der Waals surface area contributed by atoms with Crippen LogP contribution in [0.4, 0.5) is 17.1 Å². The molecule has 0 saturated carbocycles. The summed E-state index contributed by atoms with van der Waals surface area (Å²) < 4.78 is 9.24. The Balaban J connectivity index is 1.24. The molecule has 53 heavy (non-hydrogen) atoms. The van der Waals surface area contributed by atoms with Gasteiger partial charge in [-0.05, 0) is 93.3 Å². The fourth-order valence-electron chi connectivity index (χ4n) is 8.34. The molecule has 0 aliphatic carbocycles. The van der Waals surface area contributed by atoms with Crippen LogP contribution < -0.4 is 4.90 Å². The minimum atomic E-state index is 0.856. The molecule has 248 valence electrons. The van der Waals surface area contributed by atoms with Crippen molar-refractivity contribution in [1.82, 2.24) is 4.57 Å². The summed E-state index contributed by atoms with van der Waals surface area (Å²) in [6, 6.07) is 69.7. The molecule has 0 atom stereocenters. The zero-order valence-electron chi connectivity index (χ0n) is 28.8. The zero-order chi connectivity index (χ0) is 34.9. The van der Waals surface area contributed by atoms with Crippen LogP contribution in [0.25, 0.3) is 82.1 Å². The first-order valence-corrected chi connectivity index (χ1v) is 18.1. The molecule has 2 aromatic heterocycles. The number of aromatic nitrogens is 1. The first kappa shape index (κ1) is 29.6.